The van der Waals surface area contributed by atoms with Crippen molar-refractivity contribution in [3.8, 4) is 11.4 Å². The van der Waals surface area contributed by atoms with Gasteiger partial charge in [-0.2, -0.15) is 0 Å². The summed E-state index contributed by atoms with van der Waals surface area (Å²) in [6.45, 7) is 2.73. The first-order valence-electron chi connectivity index (χ1n) is 8.00. The Hall–Kier alpha value is -2.86. The Balaban J connectivity index is 1.80. The van der Waals surface area contributed by atoms with Gasteiger partial charge in [0, 0.05) is 35.8 Å². The van der Waals surface area contributed by atoms with E-state index >= 15 is 0 Å². The maximum Gasteiger partial charge on any atom is 0.162 e. The number of pyridine rings is 1. The van der Waals surface area contributed by atoms with Gasteiger partial charge in [0.05, 0.1) is 22.8 Å². The van der Waals surface area contributed by atoms with E-state index in [0.29, 0.717) is 12.4 Å². The van der Waals surface area contributed by atoms with Crippen molar-refractivity contribution in [2.75, 3.05) is 11.9 Å². The third-order valence-electron chi connectivity index (χ3n) is 3.95. The predicted molar refractivity (Wildman–Crippen MR) is 102 cm³/mol. The molecule has 0 fully saturated rings. The maximum absolute atomic E-state index is 4.84. The second-order valence-electron chi connectivity index (χ2n) is 5.84. The van der Waals surface area contributed by atoms with Crippen LogP contribution in [-0.4, -0.2) is 27.0 Å². The minimum Gasteiger partial charge on any atom is -0.353 e. The lowest BCUT2D eigenvalue weighted by atomic mass is 10.2. The SMILES string of the molecule is Cc1nc(CN(C)c2nc(-c3ccncc3)nc3ccccc23)cs1. The van der Waals surface area contributed by atoms with E-state index in [2.05, 4.69) is 26.3 Å². The van der Waals surface area contributed by atoms with E-state index in [1.807, 2.05) is 44.3 Å². The third kappa shape index (κ3) is 3.21. The Morgan fingerprint density at radius 3 is 2.56 bits per heavy atom. The number of anilines is 1. The number of rotatable bonds is 4. The average Bonchev–Trinajstić information content (AvgIpc) is 3.06. The number of para-hydroxylation sites is 1. The van der Waals surface area contributed by atoms with E-state index in [1.54, 1.807) is 23.7 Å². The van der Waals surface area contributed by atoms with Gasteiger partial charge in [0.25, 0.3) is 0 Å². The summed E-state index contributed by atoms with van der Waals surface area (Å²) in [7, 11) is 2.04. The summed E-state index contributed by atoms with van der Waals surface area (Å²) >= 11 is 1.67. The summed E-state index contributed by atoms with van der Waals surface area (Å²) in [6.07, 6.45) is 3.52. The van der Waals surface area contributed by atoms with Gasteiger partial charge in [-0.15, -0.1) is 11.3 Å². The number of benzene rings is 1. The molecule has 5 nitrogen and oxygen atoms in total. The first-order valence-corrected chi connectivity index (χ1v) is 8.88. The predicted octanol–water partition coefficient (Wildman–Crippen LogP) is 4.09. The highest BCUT2D eigenvalue weighted by Gasteiger charge is 2.14. The second kappa shape index (κ2) is 6.57. The molecule has 0 unspecified atom stereocenters. The molecule has 0 N–H and O–H groups in total. The Kier molecular flexibility index (Phi) is 4.11. The number of fused-ring (bicyclic) bond motifs is 1. The van der Waals surface area contributed by atoms with Gasteiger partial charge in [0.1, 0.15) is 5.82 Å². The van der Waals surface area contributed by atoms with E-state index < -0.39 is 0 Å². The fraction of sp³-hybridized carbons (Fsp3) is 0.158. The molecule has 4 rings (SSSR count). The Bertz CT molecular complexity index is 1010. The third-order valence-corrected chi connectivity index (χ3v) is 4.77. The Morgan fingerprint density at radius 2 is 1.80 bits per heavy atom. The fourth-order valence-corrected chi connectivity index (χ4v) is 3.38. The lowest BCUT2D eigenvalue weighted by molar-refractivity contribution is 0.874. The van der Waals surface area contributed by atoms with Crippen molar-refractivity contribution in [2.45, 2.75) is 13.5 Å². The molecule has 1 aromatic carbocycles. The van der Waals surface area contributed by atoms with Crippen LogP contribution in [0.5, 0.6) is 0 Å². The highest BCUT2D eigenvalue weighted by atomic mass is 32.1. The van der Waals surface area contributed by atoms with Crippen LogP contribution in [-0.2, 0) is 6.54 Å². The molecule has 0 aliphatic carbocycles. The molecule has 0 atom stereocenters. The molecule has 4 aromatic rings. The van der Waals surface area contributed by atoms with Gasteiger partial charge in [0.15, 0.2) is 5.82 Å². The van der Waals surface area contributed by atoms with Crippen molar-refractivity contribution in [2.24, 2.45) is 0 Å². The molecule has 0 radical (unpaired) electrons. The van der Waals surface area contributed by atoms with E-state index in [1.165, 1.54) is 0 Å². The van der Waals surface area contributed by atoms with Crippen LogP contribution in [0.2, 0.25) is 0 Å². The summed E-state index contributed by atoms with van der Waals surface area (Å²) in [5.74, 6) is 1.61. The van der Waals surface area contributed by atoms with Crippen LogP contribution in [0.15, 0.2) is 54.2 Å². The maximum atomic E-state index is 4.84. The molecule has 0 aliphatic heterocycles. The molecule has 6 heteroatoms. The Labute approximate surface area is 150 Å². The standard InChI is InChI=1S/C19H17N5S/c1-13-21-15(12-25-13)11-24(2)19-16-5-3-4-6-17(16)22-18(23-19)14-7-9-20-10-8-14/h3-10,12H,11H2,1-2H3. The highest BCUT2D eigenvalue weighted by molar-refractivity contribution is 7.09. The minimum absolute atomic E-state index is 0.706. The van der Waals surface area contributed by atoms with Gasteiger partial charge in [-0.3, -0.25) is 4.98 Å². The molecule has 0 aliphatic rings. The normalized spacial score (nSPS) is 11.0. The van der Waals surface area contributed by atoms with Gasteiger partial charge >= 0.3 is 0 Å². The summed E-state index contributed by atoms with van der Waals surface area (Å²) in [4.78, 5) is 20.3. The van der Waals surface area contributed by atoms with Gasteiger partial charge in [-0.25, -0.2) is 15.0 Å². The second-order valence-corrected chi connectivity index (χ2v) is 6.90. The Morgan fingerprint density at radius 1 is 1.00 bits per heavy atom. The molecular formula is C19H17N5S. The number of hydrogen-bond acceptors (Lipinski definition) is 6. The van der Waals surface area contributed by atoms with Crippen LogP contribution in [0, 0.1) is 6.92 Å². The van der Waals surface area contributed by atoms with E-state index in [9.17, 15) is 0 Å². The molecule has 124 valence electrons. The monoisotopic (exact) mass is 347 g/mol. The molecule has 0 saturated carbocycles. The molecule has 0 spiro atoms. The van der Waals surface area contributed by atoms with Crippen LogP contribution < -0.4 is 4.90 Å². The zero-order chi connectivity index (χ0) is 17.2. The van der Waals surface area contributed by atoms with Crippen molar-refractivity contribution in [3.05, 3.63) is 64.9 Å². The molecular weight excluding hydrogens is 330 g/mol. The molecule has 3 heterocycles. The van der Waals surface area contributed by atoms with Crippen LogP contribution in [0.1, 0.15) is 10.7 Å². The molecule has 0 bridgehead atoms. The van der Waals surface area contributed by atoms with Crippen molar-refractivity contribution in [1.29, 1.82) is 0 Å². The van der Waals surface area contributed by atoms with Crippen LogP contribution in [0.3, 0.4) is 0 Å². The topological polar surface area (TPSA) is 54.8 Å². The fourth-order valence-electron chi connectivity index (χ4n) is 2.78. The molecule has 3 aromatic heterocycles. The quantitative estimate of drug-likeness (QED) is 0.556. The molecule has 0 saturated heterocycles. The smallest absolute Gasteiger partial charge is 0.162 e. The number of nitrogens with zero attached hydrogens (tertiary/aromatic N) is 5. The van der Waals surface area contributed by atoms with Crippen molar-refractivity contribution in [3.63, 3.8) is 0 Å². The number of hydrogen-bond donors (Lipinski definition) is 0. The van der Waals surface area contributed by atoms with Gasteiger partial charge in [0.2, 0.25) is 0 Å². The van der Waals surface area contributed by atoms with Crippen molar-refractivity contribution < 1.29 is 0 Å². The van der Waals surface area contributed by atoms with Crippen LogP contribution >= 0.6 is 11.3 Å². The van der Waals surface area contributed by atoms with Crippen LogP contribution in [0.4, 0.5) is 5.82 Å². The van der Waals surface area contributed by atoms with E-state index in [4.69, 9.17) is 9.97 Å². The summed E-state index contributed by atoms with van der Waals surface area (Å²) in [6, 6.07) is 12.0. The minimum atomic E-state index is 0.706. The molecule has 25 heavy (non-hydrogen) atoms. The van der Waals surface area contributed by atoms with E-state index in [0.717, 1.165) is 33.0 Å². The summed E-state index contributed by atoms with van der Waals surface area (Å²) < 4.78 is 0. The summed E-state index contributed by atoms with van der Waals surface area (Å²) in [5, 5.41) is 4.21. The first kappa shape index (κ1) is 15.7. The van der Waals surface area contributed by atoms with Crippen LogP contribution in [0.25, 0.3) is 22.3 Å². The zero-order valence-corrected chi connectivity index (χ0v) is 14.9. The van der Waals surface area contributed by atoms with Gasteiger partial charge in [-0.1, -0.05) is 12.1 Å². The van der Waals surface area contributed by atoms with Gasteiger partial charge < -0.3 is 4.90 Å². The highest BCUT2D eigenvalue weighted by Crippen LogP contribution is 2.27. The van der Waals surface area contributed by atoms with Crippen molar-refractivity contribution in [1.82, 2.24) is 19.9 Å². The lowest BCUT2D eigenvalue weighted by Crippen LogP contribution is -2.19. The summed E-state index contributed by atoms with van der Waals surface area (Å²) in [5.41, 5.74) is 2.94. The lowest BCUT2D eigenvalue weighted by Gasteiger charge is -2.19. The van der Waals surface area contributed by atoms with E-state index in [-0.39, 0.29) is 0 Å². The number of aromatic nitrogens is 4. The number of thiazole rings is 1. The average molecular weight is 347 g/mol. The van der Waals surface area contributed by atoms with Gasteiger partial charge in [-0.05, 0) is 31.2 Å². The largest absolute Gasteiger partial charge is 0.353 e. The first-order chi connectivity index (χ1) is 12.2. The molecule has 0 amide bonds. The zero-order valence-electron chi connectivity index (χ0n) is 14.0. The van der Waals surface area contributed by atoms with Crippen molar-refractivity contribution >= 4 is 28.1 Å². The number of aryl methyl sites for hydroxylation is 1.